The number of hydrogen-bond donors (Lipinski definition) is 2. The van der Waals surface area contributed by atoms with Crippen molar-refractivity contribution in [3.63, 3.8) is 0 Å². The van der Waals surface area contributed by atoms with Crippen LogP contribution >= 0.6 is 8.53 Å². The summed E-state index contributed by atoms with van der Waals surface area (Å²) in [6.45, 7) is 26.6. The molecule has 0 radical (unpaired) electrons. The smallest absolute Gasteiger partial charge is 0.0683 e. The van der Waals surface area contributed by atoms with Crippen molar-refractivity contribution < 1.29 is 28.1 Å². The Balaban J connectivity index is 0.00000289. The summed E-state index contributed by atoms with van der Waals surface area (Å²) in [7, 11) is -1.76. The number of aromatic nitrogens is 4. The summed E-state index contributed by atoms with van der Waals surface area (Å²) in [6.07, 6.45) is 5.60. The zero-order chi connectivity index (χ0) is 37.1. The molecule has 0 saturated heterocycles. The van der Waals surface area contributed by atoms with Crippen LogP contribution in [-0.4, -0.2) is 83.5 Å². The van der Waals surface area contributed by atoms with E-state index < -0.39 is 20.8 Å². The van der Waals surface area contributed by atoms with E-state index in [1.807, 2.05) is 118 Å². The van der Waals surface area contributed by atoms with E-state index in [9.17, 15) is 4.79 Å². The molecule has 4 unspecified atom stereocenters. The summed E-state index contributed by atoms with van der Waals surface area (Å²) < 4.78 is 35.4. The Bertz CT molecular complexity index is 1430. The van der Waals surface area contributed by atoms with Crippen molar-refractivity contribution in [3.8, 4) is 11.6 Å². The Hall–Kier alpha value is -2.39. The third-order valence-corrected chi connectivity index (χ3v) is 8.86. The molecule has 0 aliphatic heterocycles. The van der Waals surface area contributed by atoms with E-state index in [4.69, 9.17) is 23.3 Å². The summed E-state index contributed by atoms with van der Waals surface area (Å²) in [5.74, 6) is 1.22. The van der Waals surface area contributed by atoms with Gasteiger partial charge in [0.25, 0.3) is 0 Å². The third kappa shape index (κ3) is 14.4. The maximum atomic E-state index is 12.8. The van der Waals surface area contributed by atoms with Crippen LogP contribution in [0.2, 0.25) is 0 Å². The molecule has 14 heteroatoms. The fourth-order valence-electron chi connectivity index (χ4n) is 4.12. The first-order chi connectivity index (χ1) is 23.4. The van der Waals surface area contributed by atoms with Crippen LogP contribution in [0, 0.1) is 12.3 Å². The van der Waals surface area contributed by atoms with Crippen molar-refractivity contribution in [3.05, 3.63) is 41.7 Å². The van der Waals surface area contributed by atoms with E-state index in [1.54, 1.807) is 13.3 Å². The summed E-state index contributed by atoms with van der Waals surface area (Å²) in [5, 5.41) is 3.22. The maximum Gasteiger partial charge on any atom is -0.0683 e. The second-order valence-electron chi connectivity index (χ2n) is 11.7. The summed E-state index contributed by atoms with van der Waals surface area (Å²) in [4.78, 5) is 26.4. The molecule has 3 rings (SSSR count). The standard InChI is InChI=1S/C31H46N6O6P.2C2H6.Tl/c1-10-14-24-20(4)15-13-16-25(24)43-44(36-21(5)29(38)40-18-31(7,8)9)41-17-23(11-2)42-22(6)37-19-33-26-27(37)34-30(32)35-28(26)39-12-3;2*1-2;/h10,13-16,19,21-23,36H,11-12,17-18H2,1-9H3,(H-,32,34,35);2*1-2H3;/q-1;;;+1/b14-10-;;;. The second kappa shape index (κ2) is 23.2. The first-order valence-electron chi connectivity index (χ1n) is 17.2. The first kappa shape index (κ1) is 44.6. The molecule has 2 N–H and O–H groups in total. The minimum atomic E-state index is -1.76. The van der Waals surface area contributed by atoms with E-state index >= 15 is 0 Å². The van der Waals surface area contributed by atoms with Crippen LogP contribution in [0.5, 0.6) is 11.6 Å². The number of ether oxygens (including phenoxy) is 3. The van der Waals surface area contributed by atoms with Gasteiger partial charge in [0.1, 0.15) is 11.8 Å². The van der Waals surface area contributed by atoms with Gasteiger partial charge in [-0.1, -0.05) is 72.8 Å². The predicted octanol–water partition coefficient (Wildman–Crippen LogP) is 8.32. The van der Waals surface area contributed by atoms with Crippen molar-refractivity contribution in [2.75, 3.05) is 22.9 Å². The van der Waals surface area contributed by atoms with Gasteiger partial charge in [0.2, 0.25) is 0 Å². The molecule has 2 heterocycles. The molecule has 272 valence electrons. The van der Waals surface area contributed by atoms with Gasteiger partial charge in [-0.3, -0.25) is 4.79 Å². The predicted molar refractivity (Wildman–Crippen MR) is 201 cm³/mol. The minimum Gasteiger partial charge on any atom is -0.0683 e. The number of hydrogen-bond acceptors (Lipinski definition) is 11. The molecule has 0 bridgehead atoms. The molecule has 0 spiro atoms. The Kier molecular flexibility index (Phi) is 21.1. The van der Waals surface area contributed by atoms with Gasteiger partial charge in [0, 0.05) is 5.56 Å². The third-order valence-electron chi connectivity index (χ3n) is 6.51. The molecular formula is C35H58N6O6PTl. The molecule has 0 aliphatic rings. The van der Waals surface area contributed by atoms with Crippen molar-refractivity contribution in [2.24, 2.45) is 5.41 Å². The minimum absolute atomic E-state index is 0.146. The van der Waals surface area contributed by atoms with Crippen molar-refractivity contribution in [2.45, 2.75) is 115 Å². The van der Waals surface area contributed by atoms with Gasteiger partial charge in [-0.05, 0) is 37.8 Å². The van der Waals surface area contributed by atoms with E-state index in [2.05, 4.69) is 23.2 Å². The van der Waals surface area contributed by atoms with E-state index in [-0.39, 0.29) is 24.1 Å². The molecule has 2 aromatic heterocycles. The van der Waals surface area contributed by atoms with Crippen LogP contribution in [0.25, 0.3) is 17.2 Å². The quantitative estimate of drug-likeness (QED) is 0.0771. The van der Waals surface area contributed by atoms with Crippen LogP contribution in [0.1, 0.15) is 107 Å². The first-order valence-corrected chi connectivity index (χ1v) is 20.6. The number of nitrogens with one attached hydrogen (secondary N) is 2. The Morgan fingerprint density at radius 2 is 1.82 bits per heavy atom. The number of aryl methyl sites for hydroxylation is 1. The van der Waals surface area contributed by atoms with Crippen LogP contribution in [-0.2, 0) is 18.8 Å². The van der Waals surface area contributed by atoms with Crippen LogP contribution in [0.15, 0.2) is 30.6 Å². The van der Waals surface area contributed by atoms with Crippen molar-refractivity contribution >= 4 is 63.7 Å². The fourth-order valence-corrected chi connectivity index (χ4v) is 5.87. The fraction of sp³-hybridized carbons (Fsp3) is 0.600. The topological polar surface area (TPSA) is 131 Å². The number of imidazole rings is 1. The summed E-state index contributed by atoms with van der Waals surface area (Å²) >= 11 is 0.469. The molecule has 4 atom stereocenters. The number of anilines is 1. The number of fused-ring (bicyclic) bond motifs is 1. The van der Waals surface area contributed by atoms with Gasteiger partial charge in [-0.2, -0.15) is 0 Å². The van der Waals surface area contributed by atoms with Gasteiger partial charge in [-0.25, -0.2) is 0 Å². The SMILES string of the molecule is C/C=C\c1c(C)cccc1OP(NC(C)C(=O)OCC(C)(C)C)OCC(CC)OC(C)n1cnc2c(OCC)nc([NH][Tl])nc21.CC.CC. The maximum absolute atomic E-state index is 12.8. The zero-order valence-electron chi connectivity index (χ0n) is 31.8. The van der Waals surface area contributed by atoms with E-state index in [0.29, 0.717) is 74.4 Å². The number of carbonyl (C=O) groups excluding carboxylic acids is 1. The largest absolute Gasteiger partial charge is 0.0683 e. The summed E-state index contributed by atoms with van der Waals surface area (Å²) in [6, 6.07) is 5.20. The number of rotatable bonds is 17. The number of allylic oxidation sites excluding steroid dienone is 1. The molecule has 0 fully saturated rings. The molecule has 0 aliphatic carbocycles. The average molecular weight is 894 g/mol. The van der Waals surface area contributed by atoms with Gasteiger partial charge in [0.05, 0.1) is 6.61 Å². The van der Waals surface area contributed by atoms with Crippen molar-refractivity contribution in [1.29, 1.82) is 0 Å². The van der Waals surface area contributed by atoms with Gasteiger partial charge < -0.3 is 4.74 Å². The molecule has 0 amide bonds. The van der Waals surface area contributed by atoms with Gasteiger partial charge >= 0.3 is 169 Å². The molecule has 1 aromatic carbocycles. The number of carbonyl (C=O) groups is 1. The Morgan fingerprint density at radius 1 is 1.12 bits per heavy atom. The zero-order valence-corrected chi connectivity index (χ0v) is 37.2. The van der Waals surface area contributed by atoms with Gasteiger partial charge in [-0.15, -0.1) is 0 Å². The van der Waals surface area contributed by atoms with Crippen molar-refractivity contribution in [1.82, 2.24) is 24.6 Å². The number of nitrogens with zero attached hydrogens (tertiary/aromatic N) is 4. The molecular weight excluding hydrogens is 836 g/mol. The number of benzene rings is 1. The van der Waals surface area contributed by atoms with E-state index in [1.165, 1.54) is 0 Å². The van der Waals surface area contributed by atoms with Gasteiger partial charge in [0.15, 0.2) is 0 Å². The molecule has 12 nitrogen and oxygen atoms in total. The van der Waals surface area contributed by atoms with Crippen LogP contribution < -0.4 is 17.5 Å². The van der Waals surface area contributed by atoms with E-state index in [0.717, 1.165) is 11.1 Å². The summed E-state index contributed by atoms with van der Waals surface area (Å²) in [5.41, 5.74) is 3.05. The molecule has 0 saturated carbocycles. The monoisotopic (exact) mass is 894 g/mol. The van der Waals surface area contributed by atoms with Crippen LogP contribution in [0.4, 0.5) is 5.95 Å². The van der Waals surface area contributed by atoms with Crippen LogP contribution in [0.3, 0.4) is 0 Å². The molecule has 3 aromatic rings. The second-order valence-corrected chi connectivity index (χ2v) is 14.0. The Morgan fingerprint density at radius 3 is 2.41 bits per heavy atom. The molecule has 49 heavy (non-hydrogen) atoms. The Labute approximate surface area is 311 Å². The average Bonchev–Trinajstić information content (AvgIpc) is 3.53. The number of esters is 1. The normalized spacial score (nSPS) is 13.7.